The number of benzene rings is 2. The van der Waals surface area contributed by atoms with E-state index in [4.69, 9.17) is 32.8 Å². The molecule has 12 N–H and O–H groups in total. The van der Waals surface area contributed by atoms with Crippen molar-refractivity contribution in [2.24, 2.45) is 0 Å². The highest BCUT2D eigenvalue weighted by atomic mass is 16.8. The Morgan fingerprint density at radius 1 is 0.660 bits per heavy atom. The maximum atomic E-state index is 14.2. The maximum Gasteiger partial charge on any atom is 0.239 e. The molecule has 0 bridgehead atoms. The Morgan fingerprint density at radius 2 is 1.25 bits per heavy atom. The minimum atomic E-state index is -1.94. The molecule has 1 aromatic heterocycles. The fourth-order valence-corrected chi connectivity index (χ4v) is 6.23. The molecule has 0 saturated carbocycles. The van der Waals surface area contributed by atoms with Crippen molar-refractivity contribution in [2.45, 2.75) is 99.0 Å². The lowest BCUT2D eigenvalue weighted by molar-refractivity contribution is -0.354. The van der Waals surface area contributed by atoms with Crippen molar-refractivity contribution in [2.75, 3.05) is 13.2 Å². The fourth-order valence-electron chi connectivity index (χ4n) is 6.23. The molecule has 4 heterocycles. The molecule has 0 spiro atoms. The van der Waals surface area contributed by atoms with Crippen molar-refractivity contribution in [1.82, 2.24) is 0 Å². The SMILES string of the molecule is CC1O[C@@H](OC2C(O)[C@@H](O)C(CO)O[C@H]2Oc2c(-c3ccc(O)cc3)oc3cc(O[C@@H]4OC(CO)[C@@H](O)[C@H](O)C4O)cc(O)c3c2=O)[C@@H](O)C(O)[C@H]1O. The average molecular weight is 757 g/mol. The van der Waals surface area contributed by atoms with Gasteiger partial charge in [-0.25, -0.2) is 0 Å². The van der Waals surface area contributed by atoms with E-state index in [2.05, 4.69) is 0 Å². The highest BCUT2D eigenvalue weighted by Crippen LogP contribution is 2.39. The second kappa shape index (κ2) is 15.6. The van der Waals surface area contributed by atoms with Crippen LogP contribution in [0.5, 0.6) is 23.0 Å². The molecule has 3 fully saturated rings. The van der Waals surface area contributed by atoms with Crippen LogP contribution < -0.4 is 14.9 Å². The van der Waals surface area contributed by atoms with Crippen LogP contribution in [-0.2, 0) is 18.9 Å². The molecule has 0 radical (unpaired) electrons. The van der Waals surface area contributed by atoms with Gasteiger partial charge in [0.1, 0.15) is 89.3 Å². The molecule has 2 aromatic carbocycles. The van der Waals surface area contributed by atoms with Crippen molar-refractivity contribution in [3.63, 3.8) is 0 Å². The third-order valence-corrected chi connectivity index (χ3v) is 9.29. The van der Waals surface area contributed by atoms with Gasteiger partial charge in [-0.15, -0.1) is 0 Å². The lowest BCUT2D eigenvalue weighted by Gasteiger charge is -2.45. The van der Waals surface area contributed by atoms with Crippen molar-refractivity contribution < 1.29 is 94.1 Å². The Hall–Kier alpha value is -3.71. The van der Waals surface area contributed by atoms with Gasteiger partial charge < -0.3 is 94.1 Å². The molecule has 6 rings (SSSR count). The Kier molecular flexibility index (Phi) is 11.5. The molecule has 20 heteroatoms. The van der Waals surface area contributed by atoms with E-state index in [1.165, 1.54) is 31.2 Å². The topological polar surface area (TPSA) is 328 Å². The number of aliphatic hydroxyl groups excluding tert-OH is 10. The largest absolute Gasteiger partial charge is 0.508 e. The zero-order valence-corrected chi connectivity index (χ0v) is 27.7. The first kappa shape index (κ1) is 39.0. The van der Waals surface area contributed by atoms with Crippen LogP contribution in [0.4, 0.5) is 0 Å². The average Bonchev–Trinajstić information content (AvgIpc) is 3.13. The monoisotopic (exact) mass is 756 g/mol. The highest BCUT2D eigenvalue weighted by molar-refractivity contribution is 5.88. The second-order valence-electron chi connectivity index (χ2n) is 12.9. The van der Waals surface area contributed by atoms with E-state index in [1.54, 1.807) is 0 Å². The van der Waals surface area contributed by atoms with Crippen LogP contribution in [-0.4, -0.2) is 167 Å². The number of ether oxygens (including phenoxy) is 6. The van der Waals surface area contributed by atoms with Gasteiger partial charge in [0.15, 0.2) is 18.2 Å². The van der Waals surface area contributed by atoms with Crippen molar-refractivity contribution >= 4 is 11.0 Å². The number of aliphatic hydroxyl groups is 10. The summed E-state index contributed by atoms with van der Waals surface area (Å²) in [6.07, 6.45) is -25.3. The normalized spacial score (nSPS) is 37.8. The van der Waals surface area contributed by atoms with E-state index in [0.29, 0.717) is 0 Å². The standard InChI is InChI=1S/C33H40O20/c1-10-19(38)23(42)26(45)31(47-10)53-30-25(44)21(40)17(9-35)51-33(30)52-29-22(41)18-14(37)6-13(48-32-27(46)24(43)20(39)16(8-34)50-32)7-15(18)49-28(29)11-2-4-12(36)5-3-11/h2-7,10,16-17,19-21,23-27,30-40,42-46H,8-9H2,1H3/t10?,16?,17?,19-,20+,21-,23?,24-,25?,26-,27?,30?,31-,32+,33-/m0/s1. The lowest BCUT2D eigenvalue weighted by Crippen LogP contribution is -2.64. The van der Waals surface area contributed by atoms with Crippen molar-refractivity contribution in [3.8, 4) is 34.3 Å². The maximum absolute atomic E-state index is 14.2. The van der Waals surface area contributed by atoms with Gasteiger partial charge in [-0.05, 0) is 31.2 Å². The van der Waals surface area contributed by atoms with Gasteiger partial charge in [0, 0.05) is 17.7 Å². The summed E-state index contributed by atoms with van der Waals surface area (Å²) in [6.45, 7) is -0.235. The van der Waals surface area contributed by atoms with E-state index in [-0.39, 0.29) is 28.4 Å². The third kappa shape index (κ3) is 7.39. The summed E-state index contributed by atoms with van der Waals surface area (Å²) in [5.41, 5.74) is -1.30. The molecule has 292 valence electrons. The van der Waals surface area contributed by atoms with Gasteiger partial charge in [0.25, 0.3) is 0 Å². The molecule has 7 unspecified atom stereocenters. The van der Waals surface area contributed by atoms with Crippen LogP contribution in [0.1, 0.15) is 6.92 Å². The Morgan fingerprint density at radius 3 is 1.89 bits per heavy atom. The summed E-state index contributed by atoms with van der Waals surface area (Å²) in [5, 5.41) is 123. The molecule has 0 aliphatic carbocycles. The van der Waals surface area contributed by atoms with Crippen LogP contribution in [0.25, 0.3) is 22.3 Å². The first-order valence-corrected chi connectivity index (χ1v) is 16.4. The van der Waals surface area contributed by atoms with Gasteiger partial charge in [-0.2, -0.15) is 0 Å². The molecule has 0 amide bonds. The molecule has 20 nitrogen and oxygen atoms in total. The minimum Gasteiger partial charge on any atom is -0.508 e. The summed E-state index contributed by atoms with van der Waals surface area (Å²) in [4.78, 5) is 14.2. The summed E-state index contributed by atoms with van der Waals surface area (Å²) in [6, 6.07) is 7.18. The lowest BCUT2D eigenvalue weighted by atomic mass is 9.97. The summed E-state index contributed by atoms with van der Waals surface area (Å²) in [7, 11) is 0. The van der Waals surface area contributed by atoms with Gasteiger partial charge in [0.2, 0.25) is 23.8 Å². The summed E-state index contributed by atoms with van der Waals surface area (Å²) >= 11 is 0. The first-order chi connectivity index (χ1) is 25.1. The third-order valence-electron chi connectivity index (χ3n) is 9.29. The van der Waals surface area contributed by atoms with E-state index < -0.39 is 128 Å². The van der Waals surface area contributed by atoms with Crippen LogP contribution in [0.2, 0.25) is 0 Å². The van der Waals surface area contributed by atoms with Gasteiger partial charge in [-0.1, -0.05) is 0 Å². The molecule has 53 heavy (non-hydrogen) atoms. The quantitative estimate of drug-likeness (QED) is 0.0992. The molecule has 3 aromatic rings. The van der Waals surface area contributed by atoms with E-state index in [1.807, 2.05) is 0 Å². The number of aromatic hydroxyl groups is 2. The van der Waals surface area contributed by atoms with E-state index in [0.717, 1.165) is 12.1 Å². The van der Waals surface area contributed by atoms with Crippen LogP contribution in [0.15, 0.2) is 45.6 Å². The molecule has 3 saturated heterocycles. The molecule has 3 aliphatic rings. The summed E-state index contributed by atoms with van der Waals surface area (Å²) in [5.74, 6) is -2.26. The van der Waals surface area contributed by atoms with E-state index >= 15 is 0 Å². The van der Waals surface area contributed by atoms with Crippen molar-refractivity contribution in [1.29, 1.82) is 0 Å². The zero-order valence-electron chi connectivity index (χ0n) is 27.7. The van der Waals surface area contributed by atoms with E-state index in [9.17, 15) is 66.1 Å². The Balaban J connectivity index is 1.41. The minimum absolute atomic E-state index is 0.0982. The predicted octanol–water partition coefficient (Wildman–Crippen LogP) is -3.92. The predicted molar refractivity (Wildman–Crippen MR) is 171 cm³/mol. The number of rotatable bonds is 9. The number of fused-ring (bicyclic) bond motifs is 1. The van der Waals surface area contributed by atoms with Crippen LogP contribution in [0.3, 0.4) is 0 Å². The smallest absolute Gasteiger partial charge is 0.239 e. The molecule has 3 aliphatic heterocycles. The van der Waals surface area contributed by atoms with Gasteiger partial charge >= 0.3 is 0 Å². The van der Waals surface area contributed by atoms with Crippen LogP contribution in [0, 0.1) is 0 Å². The summed E-state index contributed by atoms with van der Waals surface area (Å²) < 4.78 is 39.9. The van der Waals surface area contributed by atoms with Crippen molar-refractivity contribution in [3.05, 3.63) is 46.6 Å². The number of phenolic OH excluding ortho intramolecular Hbond substituents is 2. The number of hydrogen-bond donors (Lipinski definition) is 12. The Labute approximate surface area is 298 Å². The van der Waals surface area contributed by atoms with Crippen LogP contribution >= 0.6 is 0 Å². The number of hydrogen-bond acceptors (Lipinski definition) is 20. The first-order valence-electron chi connectivity index (χ1n) is 16.4. The fraction of sp³-hybridized carbons (Fsp3) is 0.545. The van der Waals surface area contributed by atoms with Gasteiger partial charge in [0.05, 0.1) is 19.3 Å². The molecular weight excluding hydrogens is 716 g/mol. The zero-order chi connectivity index (χ0) is 38.5. The number of phenols is 2. The molecule has 15 atom stereocenters. The Bertz CT molecular complexity index is 1780. The van der Waals surface area contributed by atoms with Gasteiger partial charge in [-0.3, -0.25) is 4.79 Å². The highest BCUT2D eigenvalue weighted by Gasteiger charge is 2.51. The second-order valence-corrected chi connectivity index (χ2v) is 12.9. The molecular formula is C33H40O20.